The van der Waals surface area contributed by atoms with Crippen LogP contribution in [0.5, 0.6) is 0 Å². The van der Waals surface area contributed by atoms with Gasteiger partial charge in [0.25, 0.3) is 0 Å². The van der Waals surface area contributed by atoms with Crippen molar-refractivity contribution >= 4 is 0 Å². The highest BCUT2D eigenvalue weighted by Crippen LogP contribution is 2.36. The maximum atomic E-state index is 5.90. The van der Waals surface area contributed by atoms with Crippen LogP contribution < -0.4 is 5.73 Å². The van der Waals surface area contributed by atoms with Crippen LogP contribution >= 0.6 is 0 Å². The highest BCUT2D eigenvalue weighted by Gasteiger charge is 2.38. The van der Waals surface area contributed by atoms with E-state index in [1.54, 1.807) is 0 Å². The predicted molar refractivity (Wildman–Crippen MR) is 50.5 cm³/mol. The Kier molecular flexibility index (Phi) is 2.86. The van der Waals surface area contributed by atoms with E-state index in [0.717, 1.165) is 52.0 Å². The molecule has 2 aliphatic rings. The van der Waals surface area contributed by atoms with E-state index in [0.29, 0.717) is 5.92 Å². The quantitative estimate of drug-likeness (QED) is 0.660. The van der Waals surface area contributed by atoms with Gasteiger partial charge in [-0.15, -0.1) is 0 Å². The first-order valence-corrected chi connectivity index (χ1v) is 5.26. The van der Waals surface area contributed by atoms with Crippen molar-refractivity contribution in [2.24, 2.45) is 11.7 Å². The molecule has 0 aromatic heterocycles. The third kappa shape index (κ3) is 2.03. The smallest absolute Gasteiger partial charge is 0.0729 e. The third-order valence-corrected chi connectivity index (χ3v) is 3.33. The molecule has 2 aliphatic heterocycles. The number of hydrogen-bond donors (Lipinski definition) is 1. The van der Waals surface area contributed by atoms with Gasteiger partial charge in [-0.05, 0) is 38.1 Å². The number of nitrogens with two attached hydrogens (primary N) is 1. The van der Waals surface area contributed by atoms with E-state index in [9.17, 15) is 0 Å². The van der Waals surface area contributed by atoms with Gasteiger partial charge in [-0.25, -0.2) is 0 Å². The SMILES string of the molecule is NC[C@H]1CCOC2(CCOCC2)C1. The standard InChI is InChI=1S/C10H19NO2/c11-8-9-1-4-13-10(7-9)2-5-12-6-3-10/h9H,1-8,11H2/t9-/m0/s1. The van der Waals surface area contributed by atoms with Gasteiger partial charge in [0, 0.05) is 19.8 Å². The van der Waals surface area contributed by atoms with Gasteiger partial charge in [0.1, 0.15) is 0 Å². The topological polar surface area (TPSA) is 44.5 Å². The molecular formula is C10H19NO2. The Hall–Kier alpha value is -0.120. The molecule has 0 bridgehead atoms. The third-order valence-electron chi connectivity index (χ3n) is 3.33. The van der Waals surface area contributed by atoms with Gasteiger partial charge in [-0.2, -0.15) is 0 Å². The molecule has 2 saturated heterocycles. The Bertz CT molecular complexity index is 161. The molecule has 1 atom stereocenters. The fourth-order valence-corrected chi connectivity index (χ4v) is 2.42. The predicted octanol–water partition coefficient (Wildman–Crippen LogP) is 0.921. The van der Waals surface area contributed by atoms with Gasteiger partial charge < -0.3 is 15.2 Å². The number of rotatable bonds is 1. The lowest BCUT2D eigenvalue weighted by Crippen LogP contribution is -2.45. The molecular weight excluding hydrogens is 166 g/mol. The summed E-state index contributed by atoms with van der Waals surface area (Å²) >= 11 is 0. The summed E-state index contributed by atoms with van der Waals surface area (Å²) in [5, 5.41) is 0. The summed E-state index contributed by atoms with van der Waals surface area (Å²) in [7, 11) is 0. The fourth-order valence-electron chi connectivity index (χ4n) is 2.42. The summed E-state index contributed by atoms with van der Waals surface area (Å²) in [6, 6.07) is 0. The van der Waals surface area contributed by atoms with Crippen molar-refractivity contribution < 1.29 is 9.47 Å². The second kappa shape index (κ2) is 3.95. The summed E-state index contributed by atoms with van der Waals surface area (Å²) in [4.78, 5) is 0. The molecule has 0 unspecified atom stereocenters. The van der Waals surface area contributed by atoms with Crippen LogP contribution in [0.3, 0.4) is 0 Å². The van der Waals surface area contributed by atoms with Crippen molar-refractivity contribution in [3.8, 4) is 0 Å². The zero-order chi connectivity index (χ0) is 9.15. The van der Waals surface area contributed by atoms with Gasteiger partial charge in [-0.1, -0.05) is 0 Å². The van der Waals surface area contributed by atoms with Crippen molar-refractivity contribution in [3.63, 3.8) is 0 Å². The average molecular weight is 185 g/mol. The molecule has 0 aromatic carbocycles. The van der Waals surface area contributed by atoms with Crippen molar-refractivity contribution in [1.82, 2.24) is 0 Å². The zero-order valence-electron chi connectivity index (χ0n) is 8.13. The lowest BCUT2D eigenvalue weighted by atomic mass is 9.81. The Morgan fingerprint density at radius 2 is 2.00 bits per heavy atom. The monoisotopic (exact) mass is 185 g/mol. The van der Waals surface area contributed by atoms with E-state index in [1.807, 2.05) is 0 Å². The molecule has 3 nitrogen and oxygen atoms in total. The Morgan fingerprint density at radius 1 is 1.23 bits per heavy atom. The molecule has 0 aromatic rings. The molecule has 0 aliphatic carbocycles. The average Bonchev–Trinajstić information content (AvgIpc) is 2.19. The van der Waals surface area contributed by atoms with Gasteiger partial charge in [-0.3, -0.25) is 0 Å². The lowest BCUT2D eigenvalue weighted by Gasteiger charge is -2.43. The van der Waals surface area contributed by atoms with Gasteiger partial charge in [0.2, 0.25) is 0 Å². The summed E-state index contributed by atoms with van der Waals surface area (Å²) in [6.45, 7) is 3.42. The second-order valence-corrected chi connectivity index (χ2v) is 4.24. The first-order chi connectivity index (χ1) is 6.35. The second-order valence-electron chi connectivity index (χ2n) is 4.24. The highest BCUT2D eigenvalue weighted by atomic mass is 16.5. The minimum absolute atomic E-state index is 0.126. The van der Waals surface area contributed by atoms with Crippen LogP contribution in [0.4, 0.5) is 0 Å². The number of ether oxygens (including phenoxy) is 2. The first-order valence-electron chi connectivity index (χ1n) is 5.26. The largest absolute Gasteiger partial charge is 0.381 e. The zero-order valence-corrected chi connectivity index (χ0v) is 8.13. The van der Waals surface area contributed by atoms with Crippen LogP contribution in [-0.2, 0) is 9.47 Å². The summed E-state index contributed by atoms with van der Waals surface area (Å²) in [6.07, 6.45) is 4.40. The molecule has 3 heteroatoms. The van der Waals surface area contributed by atoms with Crippen molar-refractivity contribution in [2.75, 3.05) is 26.4 Å². The summed E-state index contributed by atoms with van der Waals surface area (Å²) in [5.74, 6) is 0.673. The minimum atomic E-state index is 0.126. The van der Waals surface area contributed by atoms with Crippen LogP contribution in [-0.4, -0.2) is 32.0 Å². The van der Waals surface area contributed by atoms with Gasteiger partial charge >= 0.3 is 0 Å². The van der Waals surface area contributed by atoms with Crippen LogP contribution in [0.25, 0.3) is 0 Å². The van der Waals surface area contributed by atoms with Gasteiger partial charge in [0.05, 0.1) is 5.60 Å². The molecule has 2 rings (SSSR count). The van der Waals surface area contributed by atoms with E-state index in [4.69, 9.17) is 15.2 Å². The van der Waals surface area contributed by atoms with E-state index < -0.39 is 0 Å². The summed E-state index contributed by atoms with van der Waals surface area (Å²) in [5.41, 5.74) is 5.83. The van der Waals surface area contributed by atoms with Crippen LogP contribution in [0.1, 0.15) is 25.7 Å². The lowest BCUT2D eigenvalue weighted by molar-refractivity contribution is -0.145. The molecule has 2 N–H and O–H groups in total. The van der Waals surface area contributed by atoms with E-state index in [1.165, 1.54) is 0 Å². The normalized spacial score (nSPS) is 33.5. The van der Waals surface area contributed by atoms with Crippen LogP contribution in [0.15, 0.2) is 0 Å². The fraction of sp³-hybridized carbons (Fsp3) is 1.00. The van der Waals surface area contributed by atoms with E-state index in [-0.39, 0.29) is 5.60 Å². The minimum Gasteiger partial charge on any atom is -0.381 e. The van der Waals surface area contributed by atoms with E-state index >= 15 is 0 Å². The molecule has 2 fully saturated rings. The molecule has 0 amide bonds. The maximum Gasteiger partial charge on any atom is 0.0729 e. The molecule has 0 saturated carbocycles. The van der Waals surface area contributed by atoms with E-state index in [2.05, 4.69) is 0 Å². The summed E-state index contributed by atoms with van der Waals surface area (Å²) < 4.78 is 11.3. The van der Waals surface area contributed by atoms with Gasteiger partial charge in [0.15, 0.2) is 0 Å². The highest BCUT2D eigenvalue weighted by molar-refractivity contribution is 4.89. The van der Waals surface area contributed by atoms with Crippen molar-refractivity contribution in [1.29, 1.82) is 0 Å². The molecule has 0 radical (unpaired) electrons. The van der Waals surface area contributed by atoms with Crippen LogP contribution in [0, 0.1) is 5.92 Å². The Labute approximate surface area is 79.6 Å². The molecule has 1 spiro atoms. The molecule has 13 heavy (non-hydrogen) atoms. The first kappa shape index (κ1) is 9.44. The molecule has 76 valence electrons. The van der Waals surface area contributed by atoms with Crippen molar-refractivity contribution in [2.45, 2.75) is 31.3 Å². The molecule has 2 heterocycles. The Balaban J connectivity index is 1.95. The number of hydrogen-bond acceptors (Lipinski definition) is 3. The van der Waals surface area contributed by atoms with Crippen molar-refractivity contribution in [3.05, 3.63) is 0 Å². The van der Waals surface area contributed by atoms with Crippen LogP contribution in [0.2, 0.25) is 0 Å². The Morgan fingerprint density at radius 3 is 2.69 bits per heavy atom. The maximum absolute atomic E-state index is 5.90.